The molecular weight excluding hydrogens is 232 g/mol. The SMILES string of the molecule is CCCC(C)Sc1nc2nc(C)cc(C)n2n1. The largest absolute Gasteiger partial charge is 0.253 e. The Labute approximate surface area is 106 Å². The summed E-state index contributed by atoms with van der Waals surface area (Å²) in [4.78, 5) is 8.85. The van der Waals surface area contributed by atoms with Gasteiger partial charge in [0, 0.05) is 16.6 Å². The van der Waals surface area contributed by atoms with Crippen LogP contribution in [0.3, 0.4) is 0 Å². The highest BCUT2D eigenvalue weighted by molar-refractivity contribution is 7.99. The van der Waals surface area contributed by atoms with Gasteiger partial charge in [0.15, 0.2) is 0 Å². The summed E-state index contributed by atoms with van der Waals surface area (Å²) in [5.74, 6) is 0.702. The van der Waals surface area contributed by atoms with Gasteiger partial charge in [0.25, 0.3) is 5.78 Å². The molecule has 0 aromatic carbocycles. The molecular formula is C12H18N4S. The van der Waals surface area contributed by atoms with Gasteiger partial charge in [-0.3, -0.25) is 0 Å². The third kappa shape index (κ3) is 2.77. The van der Waals surface area contributed by atoms with Crippen molar-refractivity contribution in [3.63, 3.8) is 0 Å². The van der Waals surface area contributed by atoms with Crippen LogP contribution in [0.1, 0.15) is 38.1 Å². The Kier molecular flexibility index (Phi) is 3.66. The molecule has 1 unspecified atom stereocenters. The Morgan fingerprint density at radius 2 is 2.12 bits per heavy atom. The fourth-order valence-corrected chi connectivity index (χ4v) is 2.82. The van der Waals surface area contributed by atoms with Crippen molar-refractivity contribution < 1.29 is 0 Å². The second-order valence-electron chi connectivity index (χ2n) is 4.36. The normalized spacial score (nSPS) is 13.2. The maximum atomic E-state index is 4.48. The van der Waals surface area contributed by atoms with E-state index in [1.54, 1.807) is 11.8 Å². The highest BCUT2D eigenvalue weighted by Gasteiger charge is 2.11. The van der Waals surface area contributed by atoms with Gasteiger partial charge in [-0.2, -0.15) is 4.98 Å². The van der Waals surface area contributed by atoms with Crippen LogP contribution in [0, 0.1) is 13.8 Å². The summed E-state index contributed by atoms with van der Waals surface area (Å²) >= 11 is 1.73. The van der Waals surface area contributed by atoms with Gasteiger partial charge in [0.2, 0.25) is 5.16 Å². The average Bonchev–Trinajstić information content (AvgIpc) is 2.60. The molecule has 2 aromatic rings. The number of nitrogens with zero attached hydrogens (tertiary/aromatic N) is 4. The van der Waals surface area contributed by atoms with Crippen molar-refractivity contribution in [1.29, 1.82) is 0 Å². The third-order valence-corrected chi connectivity index (χ3v) is 3.62. The topological polar surface area (TPSA) is 43.1 Å². The molecule has 1 atom stereocenters. The minimum atomic E-state index is 0.554. The Bertz CT molecular complexity index is 520. The number of aromatic nitrogens is 4. The van der Waals surface area contributed by atoms with Crippen LogP contribution in [0.2, 0.25) is 0 Å². The maximum Gasteiger partial charge on any atom is 0.253 e. The first-order valence-electron chi connectivity index (χ1n) is 5.98. The average molecular weight is 250 g/mol. The lowest BCUT2D eigenvalue weighted by molar-refractivity contribution is 0.779. The van der Waals surface area contributed by atoms with Crippen LogP contribution in [0.4, 0.5) is 0 Å². The molecule has 0 spiro atoms. The molecule has 0 N–H and O–H groups in total. The zero-order valence-electron chi connectivity index (χ0n) is 10.8. The quantitative estimate of drug-likeness (QED) is 0.782. The molecule has 0 saturated carbocycles. The first-order chi connectivity index (χ1) is 8.10. The summed E-state index contributed by atoms with van der Waals surface area (Å²) < 4.78 is 1.81. The molecule has 2 aromatic heterocycles. The maximum absolute atomic E-state index is 4.48. The molecule has 0 amide bonds. The van der Waals surface area contributed by atoms with E-state index in [4.69, 9.17) is 0 Å². The molecule has 2 heterocycles. The van der Waals surface area contributed by atoms with Crippen LogP contribution in [-0.2, 0) is 0 Å². The predicted molar refractivity (Wildman–Crippen MR) is 70.5 cm³/mol. The van der Waals surface area contributed by atoms with Gasteiger partial charge in [-0.05, 0) is 26.3 Å². The molecule has 0 aliphatic heterocycles. The number of hydrogen-bond acceptors (Lipinski definition) is 4. The Balaban J connectivity index is 2.28. The van der Waals surface area contributed by atoms with Gasteiger partial charge in [-0.15, -0.1) is 5.10 Å². The van der Waals surface area contributed by atoms with Crippen LogP contribution in [0.15, 0.2) is 11.2 Å². The van der Waals surface area contributed by atoms with Gasteiger partial charge < -0.3 is 0 Å². The summed E-state index contributed by atoms with van der Waals surface area (Å²) in [6.45, 7) is 8.42. The number of aryl methyl sites for hydroxylation is 2. The van der Waals surface area contributed by atoms with Gasteiger partial charge in [0.05, 0.1) is 0 Å². The third-order valence-electron chi connectivity index (χ3n) is 2.60. The van der Waals surface area contributed by atoms with Crippen molar-refractivity contribution in [2.24, 2.45) is 0 Å². The molecule has 0 aliphatic rings. The van der Waals surface area contributed by atoms with Gasteiger partial charge >= 0.3 is 0 Å². The molecule has 5 heteroatoms. The molecule has 0 bridgehead atoms. The number of fused-ring (bicyclic) bond motifs is 1. The molecule has 0 fully saturated rings. The van der Waals surface area contributed by atoms with E-state index in [0.29, 0.717) is 11.0 Å². The van der Waals surface area contributed by atoms with Crippen molar-refractivity contribution in [3.05, 3.63) is 17.5 Å². The molecule has 92 valence electrons. The molecule has 0 aliphatic carbocycles. The van der Waals surface area contributed by atoms with Gasteiger partial charge in [-0.25, -0.2) is 9.50 Å². The molecule has 0 saturated heterocycles. The Morgan fingerprint density at radius 3 is 2.82 bits per heavy atom. The molecule has 0 radical (unpaired) electrons. The van der Waals surface area contributed by atoms with Crippen molar-refractivity contribution in [2.75, 3.05) is 0 Å². The fourth-order valence-electron chi connectivity index (χ4n) is 1.84. The minimum absolute atomic E-state index is 0.554. The van der Waals surface area contributed by atoms with Gasteiger partial charge in [0.1, 0.15) is 0 Å². The van der Waals surface area contributed by atoms with E-state index in [-0.39, 0.29) is 0 Å². The van der Waals surface area contributed by atoms with Crippen LogP contribution >= 0.6 is 11.8 Å². The molecule has 2 rings (SSSR count). The van der Waals surface area contributed by atoms with E-state index in [1.807, 2.05) is 24.4 Å². The molecule has 4 nitrogen and oxygen atoms in total. The summed E-state index contributed by atoms with van der Waals surface area (Å²) in [7, 11) is 0. The number of hydrogen-bond donors (Lipinski definition) is 0. The van der Waals surface area contributed by atoms with E-state index < -0.39 is 0 Å². The lowest BCUT2D eigenvalue weighted by atomic mass is 10.3. The highest BCUT2D eigenvalue weighted by Crippen LogP contribution is 2.23. The summed E-state index contributed by atoms with van der Waals surface area (Å²) in [5, 5.41) is 5.86. The second kappa shape index (κ2) is 5.04. The predicted octanol–water partition coefficient (Wildman–Crippen LogP) is 3.02. The van der Waals surface area contributed by atoms with Crippen LogP contribution in [0.5, 0.6) is 0 Å². The highest BCUT2D eigenvalue weighted by atomic mass is 32.2. The van der Waals surface area contributed by atoms with Crippen LogP contribution < -0.4 is 0 Å². The second-order valence-corrected chi connectivity index (χ2v) is 5.77. The van der Waals surface area contributed by atoms with Crippen molar-refractivity contribution in [1.82, 2.24) is 19.6 Å². The zero-order valence-corrected chi connectivity index (χ0v) is 11.6. The van der Waals surface area contributed by atoms with E-state index >= 15 is 0 Å². The van der Waals surface area contributed by atoms with E-state index in [9.17, 15) is 0 Å². The number of thioether (sulfide) groups is 1. The Hall–Kier alpha value is -1.10. The lowest BCUT2D eigenvalue weighted by Crippen LogP contribution is -1.98. The summed E-state index contributed by atoms with van der Waals surface area (Å²) in [6, 6.07) is 2.02. The lowest BCUT2D eigenvalue weighted by Gasteiger charge is -2.04. The van der Waals surface area contributed by atoms with Gasteiger partial charge in [-0.1, -0.05) is 32.0 Å². The van der Waals surface area contributed by atoms with E-state index in [1.165, 1.54) is 12.8 Å². The Morgan fingerprint density at radius 1 is 1.35 bits per heavy atom. The van der Waals surface area contributed by atoms with Crippen molar-refractivity contribution in [2.45, 2.75) is 50.9 Å². The van der Waals surface area contributed by atoms with Crippen molar-refractivity contribution >= 4 is 17.5 Å². The zero-order chi connectivity index (χ0) is 12.4. The molecule has 17 heavy (non-hydrogen) atoms. The summed E-state index contributed by atoms with van der Waals surface area (Å²) in [6.07, 6.45) is 2.38. The smallest absolute Gasteiger partial charge is 0.216 e. The van der Waals surface area contributed by atoms with E-state index in [2.05, 4.69) is 28.9 Å². The van der Waals surface area contributed by atoms with Crippen molar-refractivity contribution in [3.8, 4) is 0 Å². The first-order valence-corrected chi connectivity index (χ1v) is 6.85. The number of rotatable bonds is 4. The fraction of sp³-hybridized carbons (Fsp3) is 0.583. The first kappa shape index (κ1) is 12.4. The monoisotopic (exact) mass is 250 g/mol. The van der Waals surface area contributed by atoms with E-state index in [0.717, 1.165) is 16.5 Å². The standard InChI is InChI=1S/C12H18N4S/c1-5-6-10(4)17-12-14-11-13-8(2)7-9(3)16(11)15-12/h7,10H,5-6H2,1-4H3. The van der Waals surface area contributed by atoms with Crippen LogP contribution in [0.25, 0.3) is 5.78 Å². The van der Waals surface area contributed by atoms with Crippen LogP contribution in [-0.4, -0.2) is 24.8 Å². The summed E-state index contributed by atoms with van der Waals surface area (Å²) in [5.41, 5.74) is 2.07. The minimum Gasteiger partial charge on any atom is -0.216 e.